The van der Waals surface area contributed by atoms with E-state index in [2.05, 4.69) is 10.5 Å². The molecule has 152 valence electrons. The molecular weight excluding hydrogens is 368 g/mol. The topological polar surface area (TPSA) is 123 Å². The van der Waals surface area contributed by atoms with Crippen LogP contribution in [-0.4, -0.2) is 53.7 Å². The van der Waals surface area contributed by atoms with Gasteiger partial charge in [0.1, 0.15) is 12.0 Å². The van der Waals surface area contributed by atoms with Crippen LogP contribution in [0.3, 0.4) is 0 Å². The highest BCUT2D eigenvalue weighted by atomic mass is 16.6. The molecule has 1 aromatic rings. The van der Waals surface area contributed by atoms with Crippen molar-refractivity contribution in [3.63, 3.8) is 0 Å². The number of anilines is 1. The number of non-ortho nitro benzene ring substituents is 1. The Kier molecular flexibility index (Phi) is 7.30. The van der Waals surface area contributed by atoms with E-state index in [9.17, 15) is 19.7 Å². The first-order chi connectivity index (χ1) is 13.3. The minimum absolute atomic E-state index is 0.139. The van der Waals surface area contributed by atoms with Crippen molar-refractivity contribution >= 4 is 29.4 Å². The van der Waals surface area contributed by atoms with Gasteiger partial charge in [0.05, 0.1) is 23.8 Å². The smallest absolute Gasteiger partial charge is 0.273 e. The first-order valence-electron chi connectivity index (χ1n) is 8.93. The third-order valence-electron chi connectivity index (χ3n) is 4.57. The summed E-state index contributed by atoms with van der Waals surface area (Å²) in [6.07, 6.45) is 3.90. The number of amides is 2. The van der Waals surface area contributed by atoms with Gasteiger partial charge in [0.15, 0.2) is 6.61 Å². The lowest BCUT2D eigenvalue weighted by atomic mass is 9.97. The molecule has 1 saturated heterocycles. The number of ether oxygens (including phenoxy) is 1. The van der Waals surface area contributed by atoms with Gasteiger partial charge < -0.3 is 19.8 Å². The molecule has 0 aliphatic carbocycles. The zero-order valence-corrected chi connectivity index (χ0v) is 16.1. The highest BCUT2D eigenvalue weighted by Crippen LogP contribution is 2.28. The second-order valence-corrected chi connectivity index (χ2v) is 6.57. The summed E-state index contributed by atoms with van der Waals surface area (Å²) in [6.45, 7) is 3.75. The Bertz CT molecular complexity index is 756. The quantitative estimate of drug-likeness (QED) is 0.431. The van der Waals surface area contributed by atoms with Gasteiger partial charge in [-0.1, -0.05) is 5.16 Å². The number of nitrogens with zero attached hydrogens (tertiary/aromatic N) is 3. The molecule has 10 nitrogen and oxygen atoms in total. The Balaban J connectivity index is 1.87. The number of nitrogens with one attached hydrogen (secondary N) is 1. The Morgan fingerprint density at radius 1 is 1.36 bits per heavy atom. The van der Waals surface area contributed by atoms with Gasteiger partial charge in [-0.15, -0.1) is 0 Å². The van der Waals surface area contributed by atoms with Crippen LogP contribution in [0.15, 0.2) is 23.4 Å². The van der Waals surface area contributed by atoms with Crippen LogP contribution in [0.1, 0.15) is 33.1 Å². The average Bonchev–Trinajstić information content (AvgIpc) is 2.65. The lowest BCUT2D eigenvalue weighted by Crippen LogP contribution is -2.48. The zero-order valence-electron chi connectivity index (χ0n) is 16.1. The predicted octanol–water partition coefficient (Wildman–Crippen LogP) is 2.33. The van der Waals surface area contributed by atoms with Gasteiger partial charge in [0.2, 0.25) is 0 Å². The number of hydrogen-bond donors (Lipinski definition) is 1. The van der Waals surface area contributed by atoms with E-state index >= 15 is 0 Å². The SMILES string of the molecule is COc1cc([N+](=O)[O-])ccc1NC(=O)/C=N\OCC(=O)N1[C@@H](C)CCC[C@@H]1C. The summed E-state index contributed by atoms with van der Waals surface area (Å²) >= 11 is 0. The van der Waals surface area contributed by atoms with Crippen molar-refractivity contribution in [2.75, 3.05) is 19.0 Å². The van der Waals surface area contributed by atoms with Crippen LogP contribution < -0.4 is 10.1 Å². The molecule has 1 aromatic carbocycles. The van der Waals surface area contributed by atoms with Crippen molar-refractivity contribution < 1.29 is 24.1 Å². The van der Waals surface area contributed by atoms with E-state index in [0.29, 0.717) is 0 Å². The van der Waals surface area contributed by atoms with Gasteiger partial charge in [-0.05, 0) is 39.2 Å². The fourth-order valence-electron chi connectivity index (χ4n) is 3.23. The average molecular weight is 392 g/mol. The van der Waals surface area contributed by atoms with Gasteiger partial charge in [-0.25, -0.2) is 0 Å². The number of likely N-dealkylation sites (tertiary alicyclic amines) is 1. The van der Waals surface area contributed by atoms with Crippen LogP contribution in [0.25, 0.3) is 0 Å². The van der Waals surface area contributed by atoms with E-state index < -0.39 is 10.8 Å². The molecule has 0 spiro atoms. The summed E-state index contributed by atoms with van der Waals surface area (Å²) in [7, 11) is 1.33. The molecule has 1 heterocycles. The van der Waals surface area contributed by atoms with E-state index in [-0.39, 0.29) is 41.7 Å². The van der Waals surface area contributed by atoms with Crippen molar-refractivity contribution in [2.45, 2.75) is 45.2 Å². The van der Waals surface area contributed by atoms with Gasteiger partial charge in [0.25, 0.3) is 17.5 Å². The molecule has 0 bridgehead atoms. The summed E-state index contributed by atoms with van der Waals surface area (Å²) in [5.41, 5.74) is 0.0862. The molecule has 0 radical (unpaired) electrons. The van der Waals surface area contributed by atoms with Crippen molar-refractivity contribution in [1.29, 1.82) is 0 Å². The largest absolute Gasteiger partial charge is 0.494 e. The van der Waals surface area contributed by atoms with Crippen molar-refractivity contribution in [3.05, 3.63) is 28.3 Å². The number of carbonyl (C=O) groups is 2. The lowest BCUT2D eigenvalue weighted by Gasteiger charge is -2.38. The summed E-state index contributed by atoms with van der Waals surface area (Å²) in [5, 5.41) is 16.8. The summed E-state index contributed by atoms with van der Waals surface area (Å²) in [4.78, 5) is 41.2. The molecule has 1 fully saturated rings. The summed E-state index contributed by atoms with van der Waals surface area (Å²) in [5.74, 6) is -0.659. The van der Waals surface area contributed by atoms with Gasteiger partial charge in [-0.2, -0.15) is 0 Å². The van der Waals surface area contributed by atoms with Crippen LogP contribution in [-0.2, 0) is 14.4 Å². The Hall–Kier alpha value is -3.17. The van der Waals surface area contributed by atoms with Gasteiger partial charge >= 0.3 is 0 Å². The number of rotatable bonds is 7. The molecule has 10 heteroatoms. The van der Waals surface area contributed by atoms with Crippen molar-refractivity contribution in [1.82, 2.24) is 4.90 Å². The van der Waals surface area contributed by atoms with E-state index in [4.69, 9.17) is 9.57 Å². The van der Waals surface area contributed by atoms with Crippen molar-refractivity contribution in [3.8, 4) is 5.75 Å². The molecule has 1 aliphatic heterocycles. The molecule has 28 heavy (non-hydrogen) atoms. The lowest BCUT2D eigenvalue weighted by molar-refractivity contribution is -0.384. The zero-order chi connectivity index (χ0) is 20.7. The maximum absolute atomic E-state index is 12.3. The molecule has 0 unspecified atom stereocenters. The van der Waals surface area contributed by atoms with Crippen LogP contribution in [0, 0.1) is 10.1 Å². The molecule has 0 saturated carbocycles. The first kappa shape index (κ1) is 21.1. The van der Waals surface area contributed by atoms with Crippen LogP contribution in [0.5, 0.6) is 5.75 Å². The number of nitro groups is 1. The molecule has 2 rings (SSSR count). The predicted molar refractivity (Wildman–Crippen MR) is 102 cm³/mol. The summed E-state index contributed by atoms with van der Waals surface area (Å²) < 4.78 is 5.04. The van der Waals surface area contributed by atoms with Crippen LogP contribution >= 0.6 is 0 Å². The minimum Gasteiger partial charge on any atom is -0.494 e. The number of nitro benzene ring substituents is 1. The monoisotopic (exact) mass is 392 g/mol. The maximum Gasteiger partial charge on any atom is 0.273 e. The normalized spacial score (nSPS) is 19.3. The van der Waals surface area contributed by atoms with Crippen LogP contribution in [0.2, 0.25) is 0 Å². The number of hydrogen-bond acceptors (Lipinski definition) is 7. The van der Waals surface area contributed by atoms with E-state index in [1.54, 1.807) is 4.90 Å². The highest BCUT2D eigenvalue weighted by molar-refractivity contribution is 6.31. The number of methoxy groups -OCH3 is 1. The fourth-order valence-corrected chi connectivity index (χ4v) is 3.23. The number of carbonyl (C=O) groups excluding carboxylic acids is 2. The highest BCUT2D eigenvalue weighted by Gasteiger charge is 2.28. The Morgan fingerprint density at radius 2 is 2.04 bits per heavy atom. The Labute approximate surface area is 162 Å². The van der Waals surface area contributed by atoms with E-state index in [1.807, 2.05) is 13.8 Å². The third-order valence-corrected chi connectivity index (χ3v) is 4.57. The second-order valence-electron chi connectivity index (χ2n) is 6.57. The minimum atomic E-state index is -0.626. The number of oxime groups is 1. The van der Waals surface area contributed by atoms with Gasteiger partial charge in [0, 0.05) is 18.2 Å². The molecule has 2 atom stereocenters. The summed E-state index contributed by atoms with van der Waals surface area (Å²) in [6, 6.07) is 4.10. The standard InChI is InChI=1S/C18H24N4O6/c1-12-5-4-6-13(2)21(12)18(24)11-28-19-10-17(23)20-15-8-7-14(22(25)26)9-16(15)27-3/h7-10,12-13H,4-6,11H2,1-3H3,(H,20,23)/b19-10-/t12-,13-/m0/s1. The molecule has 2 amide bonds. The fraction of sp³-hybridized carbons (Fsp3) is 0.500. The Morgan fingerprint density at radius 3 is 2.64 bits per heavy atom. The molecule has 1 N–H and O–H groups in total. The molecular formula is C18H24N4O6. The van der Waals surface area contributed by atoms with Gasteiger partial charge in [-0.3, -0.25) is 19.7 Å². The molecule has 1 aliphatic rings. The van der Waals surface area contributed by atoms with Crippen LogP contribution in [0.4, 0.5) is 11.4 Å². The molecule has 0 aromatic heterocycles. The van der Waals surface area contributed by atoms with E-state index in [1.165, 1.54) is 25.3 Å². The third kappa shape index (κ3) is 5.41. The first-order valence-corrected chi connectivity index (χ1v) is 8.93. The second kappa shape index (κ2) is 9.67. The van der Waals surface area contributed by atoms with E-state index in [0.717, 1.165) is 25.5 Å². The van der Waals surface area contributed by atoms with Crippen molar-refractivity contribution in [2.24, 2.45) is 5.16 Å². The maximum atomic E-state index is 12.3. The number of benzene rings is 1. The number of piperidine rings is 1.